The van der Waals surface area contributed by atoms with Crippen LogP contribution < -0.4 is 0 Å². The monoisotopic (exact) mass is 312 g/mol. The molecule has 1 aliphatic rings. The van der Waals surface area contributed by atoms with Gasteiger partial charge in [0.2, 0.25) is 0 Å². The predicted molar refractivity (Wildman–Crippen MR) is 70.7 cm³/mol. The van der Waals surface area contributed by atoms with Gasteiger partial charge >= 0.3 is 11.9 Å². The molecule has 0 atom stereocenters. The van der Waals surface area contributed by atoms with Crippen molar-refractivity contribution < 1.29 is 33.0 Å². The van der Waals surface area contributed by atoms with Gasteiger partial charge in [-0.1, -0.05) is 0 Å². The van der Waals surface area contributed by atoms with Gasteiger partial charge in [0, 0.05) is 26.3 Å². The molecular weight excluding hydrogens is 298 g/mol. The molecule has 5 nitrogen and oxygen atoms in total. The van der Waals surface area contributed by atoms with Crippen LogP contribution in [0.3, 0.4) is 0 Å². The average Bonchev–Trinajstić information content (AvgIpc) is 2.33. The first-order chi connectivity index (χ1) is 10.1. The fraction of sp³-hybridized carbons (Fsp3) is 0.333. The summed E-state index contributed by atoms with van der Waals surface area (Å²) in [6.45, 7) is 4.15. The van der Waals surface area contributed by atoms with Crippen molar-refractivity contribution in [2.24, 2.45) is 0 Å². The number of aliphatic hydroxyl groups is 1. The lowest BCUT2D eigenvalue weighted by Gasteiger charge is -2.30. The molecule has 1 aromatic carbocycles. The number of carbonyl (C=O) groups is 2. The summed E-state index contributed by atoms with van der Waals surface area (Å²) in [5.74, 6) is -5.87. The first-order valence-electron chi connectivity index (χ1n) is 6.44. The number of halogens is 2. The second-order valence-electron chi connectivity index (χ2n) is 5.37. The van der Waals surface area contributed by atoms with Crippen LogP contribution in [-0.2, 0) is 25.5 Å². The molecule has 1 N–H and O–H groups in total. The number of cyclic esters (lactones) is 2. The molecule has 1 aromatic rings. The standard InChI is InChI=1S/C15H14F2O5/c1-7-4-8(10(17)6-9(7)16)5-11(18)12-13(19)21-15(2,3)22-14(12)20/h4,6,18H,5H2,1-3H3. The lowest BCUT2D eigenvalue weighted by atomic mass is 10.0. The van der Waals surface area contributed by atoms with E-state index in [-0.39, 0.29) is 11.1 Å². The molecule has 1 heterocycles. The fourth-order valence-electron chi connectivity index (χ4n) is 2.01. The quantitative estimate of drug-likeness (QED) is 0.393. The maximum atomic E-state index is 13.7. The van der Waals surface area contributed by atoms with Gasteiger partial charge in [-0.2, -0.15) is 0 Å². The van der Waals surface area contributed by atoms with Crippen LogP contribution in [0.1, 0.15) is 25.0 Å². The largest absolute Gasteiger partial charge is 0.511 e. The highest BCUT2D eigenvalue weighted by Crippen LogP contribution is 2.26. The van der Waals surface area contributed by atoms with Crippen LogP contribution in [0.2, 0.25) is 0 Å². The first kappa shape index (κ1) is 15.9. The van der Waals surface area contributed by atoms with Gasteiger partial charge in [0.05, 0.1) is 0 Å². The molecule has 22 heavy (non-hydrogen) atoms. The number of aryl methyl sites for hydroxylation is 1. The van der Waals surface area contributed by atoms with Gasteiger partial charge in [-0.15, -0.1) is 0 Å². The van der Waals surface area contributed by atoms with Crippen LogP contribution in [0, 0.1) is 18.6 Å². The van der Waals surface area contributed by atoms with E-state index in [2.05, 4.69) is 0 Å². The molecule has 1 saturated heterocycles. The zero-order chi connectivity index (χ0) is 16.7. The molecule has 0 saturated carbocycles. The van der Waals surface area contributed by atoms with Crippen LogP contribution in [0.15, 0.2) is 23.5 Å². The maximum Gasteiger partial charge on any atom is 0.352 e. The van der Waals surface area contributed by atoms with Gasteiger partial charge in [-0.3, -0.25) is 0 Å². The van der Waals surface area contributed by atoms with E-state index in [9.17, 15) is 23.5 Å². The van der Waals surface area contributed by atoms with Crippen molar-refractivity contribution in [3.05, 3.63) is 46.2 Å². The van der Waals surface area contributed by atoms with Crippen molar-refractivity contribution in [1.29, 1.82) is 0 Å². The van der Waals surface area contributed by atoms with Crippen molar-refractivity contribution >= 4 is 11.9 Å². The summed E-state index contributed by atoms with van der Waals surface area (Å²) < 4.78 is 36.5. The van der Waals surface area contributed by atoms with E-state index >= 15 is 0 Å². The number of carbonyl (C=O) groups excluding carboxylic acids is 2. The number of hydrogen-bond donors (Lipinski definition) is 1. The fourth-order valence-corrected chi connectivity index (χ4v) is 2.01. The third kappa shape index (κ3) is 3.08. The normalized spacial score (nSPS) is 17.0. The van der Waals surface area contributed by atoms with Gasteiger partial charge in [-0.25, -0.2) is 18.4 Å². The average molecular weight is 312 g/mol. The van der Waals surface area contributed by atoms with E-state index in [4.69, 9.17) is 9.47 Å². The molecular formula is C15H14F2O5. The summed E-state index contributed by atoms with van der Waals surface area (Å²) in [5, 5.41) is 9.94. The summed E-state index contributed by atoms with van der Waals surface area (Å²) in [5.41, 5.74) is -0.584. The van der Waals surface area contributed by atoms with E-state index in [0.29, 0.717) is 6.07 Å². The van der Waals surface area contributed by atoms with Crippen LogP contribution >= 0.6 is 0 Å². The highest BCUT2D eigenvalue weighted by Gasteiger charge is 2.41. The molecule has 2 rings (SSSR count). The molecule has 0 amide bonds. The zero-order valence-electron chi connectivity index (χ0n) is 12.2. The van der Waals surface area contributed by atoms with E-state index in [1.54, 1.807) is 0 Å². The molecule has 0 bridgehead atoms. The molecule has 0 aromatic heterocycles. The number of benzene rings is 1. The Labute approximate surface area is 125 Å². The van der Waals surface area contributed by atoms with E-state index in [1.807, 2.05) is 0 Å². The second-order valence-corrected chi connectivity index (χ2v) is 5.37. The molecule has 0 radical (unpaired) electrons. The Morgan fingerprint density at radius 1 is 1.14 bits per heavy atom. The molecule has 0 unspecified atom stereocenters. The van der Waals surface area contributed by atoms with Crippen LogP contribution in [0.5, 0.6) is 0 Å². The Morgan fingerprint density at radius 3 is 2.23 bits per heavy atom. The van der Waals surface area contributed by atoms with Crippen molar-refractivity contribution in [2.75, 3.05) is 0 Å². The SMILES string of the molecule is Cc1cc(CC(O)=C2C(=O)OC(C)(C)OC2=O)c(F)cc1F. The Hall–Kier alpha value is -2.44. The zero-order valence-corrected chi connectivity index (χ0v) is 12.2. The van der Waals surface area contributed by atoms with Crippen molar-refractivity contribution in [3.8, 4) is 0 Å². The Bertz CT molecular complexity index is 669. The van der Waals surface area contributed by atoms with Crippen LogP contribution in [-0.4, -0.2) is 22.8 Å². The smallest absolute Gasteiger partial charge is 0.352 e. The van der Waals surface area contributed by atoms with Gasteiger partial charge in [0.25, 0.3) is 5.79 Å². The maximum absolute atomic E-state index is 13.7. The number of hydrogen-bond acceptors (Lipinski definition) is 5. The number of rotatable bonds is 2. The summed E-state index contributed by atoms with van der Waals surface area (Å²) in [4.78, 5) is 23.5. The second kappa shape index (κ2) is 5.40. The van der Waals surface area contributed by atoms with Crippen molar-refractivity contribution in [3.63, 3.8) is 0 Å². The topological polar surface area (TPSA) is 72.8 Å². The van der Waals surface area contributed by atoms with E-state index < -0.39 is 47.1 Å². The van der Waals surface area contributed by atoms with Gasteiger partial charge in [-0.05, 0) is 24.1 Å². The lowest BCUT2D eigenvalue weighted by molar-refractivity contribution is -0.222. The minimum Gasteiger partial charge on any atom is -0.511 e. The summed E-state index contributed by atoms with van der Waals surface area (Å²) >= 11 is 0. The summed E-state index contributed by atoms with van der Waals surface area (Å²) in [6, 6.07) is 1.86. The molecule has 0 spiro atoms. The third-order valence-electron chi connectivity index (χ3n) is 3.06. The third-order valence-corrected chi connectivity index (χ3v) is 3.06. The molecule has 7 heteroatoms. The van der Waals surface area contributed by atoms with Crippen LogP contribution in [0.4, 0.5) is 8.78 Å². The molecule has 1 aliphatic heterocycles. The highest BCUT2D eigenvalue weighted by molar-refractivity contribution is 6.15. The van der Waals surface area contributed by atoms with Crippen molar-refractivity contribution in [1.82, 2.24) is 0 Å². The van der Waals surface area contributed by atoms with Gasteiger partial charge < -0.3 is 14.6 Å². The number of aliphatic hydroxyl groups excluding tert-OH is 1. The minimum absolute atomic E-state index is 0.0608. The highest BCUT2D eigenvalue weighted by atomic mass is 19.1. The summed E-state index contributed by atoms with van der Waals surface area (Å²) in [7, 11) is 0. The predicted octanol–water partition coefficient (Wildman–Crippen LogP) is 2.46. The molecule has 1 fully saturated rings. The Balaban J connectivity index is 2.35. The van der Waals surface area contributed by atoms with E-state index in [1.165, 1.54) is 26.8 Å². The lowest BCUT2D eigenvalue weighted by Crippen LogP contribution is -2.42. The summed E-state index contributed by atoms with van der Waals surface area (Å²) in [6.07, 6.45) is -0.465. The van der Waals surface area contributed by atoms with Crippen LogP contribution in [0.25, 0.3) is 0 Å². The Kier molecular flexibility index (Phi) is 3.91. The van der Waals surface area contributed by atoms with E-state index in [0.717, 1.165) is 0 Å². The van der Waals surface area contributed by atoms with Gasteiger partial charge in [0.15, 0.2) is 5.57 Å². The first-order valence-corrected chi connectivity index (χ1v) is 6.44. The number of ether oxygens (including phenoxy) is 2. The van der Waals surface area contributed by atoms with Gasteiger partial charge in [0.1, 0.15) is 17.4 Å². The van der Waals surface area contributed by atoms with Crippen molar-refractivity contribution in [2.45, 2.75) is 33.0 Å². The number of allylic oxidation sites excluding steroid dienone is 1. The Morgan fingerprint density at radius 2 is 1.68 bits per heavy atom. The molecule has 118 valence electrons. The molecule has 0 aliphatic carbocycles. The number of esters is 2. The minimum atomic E-state index is -1.43.